The zero-order valence-electron chi connectivity index (χ0n) is 16.8. The van der Waals surface area contributed by atoms with Crippen molar-refractivity contribution < 1.29 is 9.53 Å². The molecule has 1 saturated heterocycles. The minimum Gasteiger partial charge on any atom is -0.378 e. The van der Waals surface area contributed by atoms with Crippen LogP contribution in [-0.4, -0.2) is 47.1 Å². The van der Waals surface area contributed by atoms with Crippen molar-refractivity contribution in [1.82, 2.24) is 14.9 Å². The monoisotopic (exact) mass is 378 g/mol. The van der Waals surface area contributed by atoms with Crippen molar-refractivity contribution in [3.05, 3.63) is 58.4 Å². The lowest BCUT2D eigenvalue weighted by atomic mass is 10.1. The SMILES string of the molecule is COC1CN(C(=O)c2cc3c(C)c(C)[nH]c3c(NCc3ccccc3C)n2)C1. The van der Waals surface area contributed by atoms with Gasteiger partial charge in [0.15, 0.2) is 5.82 Å². The first-order valence-electron chi connectivity index (χ1n) is 9.58. The molecule has 1 aliphatic heterocycles. The summed E-state index contributed by atoms with van der Waals surface area (Å²) in [5.41, 5.74) is 6.07. The number of pyridine rings is 1. The number of anilines is 1. The van der Waals surface area contributed by atoms with Gasteiger partial charge < -0.3 is 19.9 Å². The van der Waals surface area contributed by atoms with Gasteiger partial charge in [-0.25, -0.2) is 4.98 Å². The molecule has 4 rings (SSSR count). The highest BCUT2D eigenvalue weighted by atomic mass is 16.5. The van der Waals surface area contributed by atoms with Crippen LogP contribution in [0.4, 0.5) is 5.82 Å². The molecular formula is C22H26N4O2. The van der Waals surface area contributed by atoms with Crippen LogP contribution in [0.1, 0.15) is 32.9 Å². The van der Waals surface area contributed by atoms with E-state index in [1.54, 1.807) is 12.0 Å². The molecule has 3 aromatic rings. The molecule has 0 unspecified atom stereocenters. The van der Waals surface area contributed by atoms with Crippen LogP contribution < -0.4 is 5.32 Å². The van der Waals surface area contributed by atoms with Crippen molar-refractivity contribution in [2.45, 2.75) is 33.4 Å². The number of hydrogen-bond donors (Lipinski definition) is 2. The van der Waals surface area contributed by atoms with Crippen LogP contribution in [-0.2, 0) is 11.3 Å². The number of nitrogens with zero attached hydrogens (tertiary/aromatic N) is 2. The Kier molecular flexibility index (Phi) is 4.81. The highest BCUT2D eigenvalue weighted by Gasteiger charge is 2.32. The molecule has 146 valence electrons. The Morgan fingerprint density at radius 1 is 1.29 bits per heavy atom. The molecule has 2 N–H and O–H groups in total. The lowest BCUT2D eigenvalue weighted by molar-refractivity contribution is -0.0194. The maximum Gasteiger partial charge on any atom is 0.272 e. The lowest BCUT2D eigenvalue weighted by Gasteiger charge is -2.37. The van der Waals surface area contributed by atoms with Gasteiger partial charge in [-0.15, -0.1) is 0 Å². The quantitative estimate of drug-likeness (QED) is 0.712. The van der Waals surface area contributed by atoms with Crippen molar-refractivity contribution in [1.29, 1.82) is 0 Å². The van der Waals surface area contributed by atoms with Gasteiger partial charge in [0.1, 0.15) is 5.69 Å². The van der Waals surface area contributed by atoms with E-state index in [4.69, 9.17) is 4.74 Å². The lowest BCUT2D eigenvalue weighted by Crippen LogP contribution is -2.54. The van der Waals surface area contributed by atoms with Gasteiger partial charge in [-0.2, -0.15) is 0 Å². The number of ether oxygens (including phenoxy) is 1. The number of likely N-dealkylation sites (tertiary alicyclic amines) is 1. The Labute approximate surface area is 164 Å². The number of hydrogen-bond acceptors (Lipinski definition) is 4. The molecule has 1 aliphatic rings. The fourth-order valence-corrected chi connectivity index (χ4v) is 3.59. The second-order valence-electron chi connectivity index (χ2n) is 7.50. The first-order valence-corrected chi connectivity index (χ1v) is 9.58. The van der Waals surface area contributed by atoms with Crippen LogP contribution in [0, 0.1) is 20.8 Å². The van der Waals surface area contributed by atoms with Gasteiger partial charge in [0, 0.05) is 37.8 Å². The predicted molar refractivity (Wildman–Crippen MR) is 111 cm³/mol. The van der Waals surface area contributed by atoms with Gasteiger partial charge in [0.05, 0.1) is 11.6 Å². The summed E-state index contributed by atoms with van der Waals surface area (Å²) >= 11 is 0. The van der Waals surface area contributed by atoms with Crippen molar-refractivity contribution in [3.63, 3.8) is 0 Å². The molecule has 3 heterocycles. The van der Waals surface area contributed by atoms with E-state index < -0.39 is 0 Å². The number of rotatable bonds is 5. The largest absolute Gasteiger partial charge is 0.378 e. The molecule has 6 heteroatoms. The zero-order chi connectivity index (χ0) is 19.8. The molecule has 0 atom stereocenters. The summed E-state index contributed by atoms with van der Waals surface area (Å²) in [6.45, 7) is 8.09. The van der Waals surface area contributed by atoms with E-state index in [0.29, 0.717) is 31.1 Å². The summed E-state index contributed by atoms with van der Waals surface area (Å²) in [7, 11) is 1.68. The van der Waals surface area contributed by atoms with Crippen molar-refractivity contribution in [3.8, 4) is 0 Å². The fourth-order valence-electron chi connectivity index (χ4n) is 3.59. The van der Waals surface area contributed by atoms with Crippen molar-refractivity contribution in [2.75, 3.05) is 25.5 Å². The second-order valence-corrected chi connectivity index (χ2v) is 7.50. The van der Waals surface area contributed by atoms with Gasteiger partial charge in [0.25, 0.3) is 5.91 Å². The number of H-pyrrole nitrogens is 1. The van der Waals surface area contributed by atoms with E-state index >= 15 is 0 Å². The maximum absolute atomic E-state index is 12.9. The molecule has 1 amide bonds. The number of methoxy groups -OCH3 is 1. The minimum atomic E-state index is -0.0487. The van der Waals surface area contributed by atoms with E-state index in [9.17, 15) is 4.79 Å². The first kappa shape index (κ1) is 18.5. The summed E-state index contributed by atoms with van der Waals surface area (Å²) in [6, 6.07) is 10.2. The number of aromatic amines is 1. The molecule has 0 radical (unpaired) electrons. The smallest absolute Gasteiger partial charge is 0.272 e. The van der Waals surface area contributed by atoms with Crippen LogP contribution >= 0.6 is 0 Å². The van der Waals surface area contributed by atoms with Gasteiger partial charge in [-0.3, -0.25) is 4.79 Å². The molecule has 1 fully saturated rings. The van der Waals surface area contributed by atoms with Crippen LogP contribution in [0.3, 0.4) is 0 Å². The standard InChI is InChI=1S/C22H26N4O2/c1-13-7-5-6-8-16(13)10-23-21-20-18(14(2)15(3)24-20)9-19(25-21)22(27)26-11-17(12-26)28-4/h5-9,17,24H,10-12H2,1-4H3,(H,23,25). The second kappa shape index (κ2) is 7.28. The summed E-state index contributed by atoms with van der Waals surface area (Å²) < 4.78 is 5.29. The van der Waals surface area contributed by atoms with Gasteiger partial charge in [0.2, 0.25) is 0 Å². The van der Waals surface area contributed by atoms with Crippen LogP contribution in [0.2, 0.25) is 0 Å². The summed E-state index contributed by atoms with van der Waals surface area (Å²) in [4.78, 5) is 22.8. The molecule has 1 aromatic carbocycles. The number of amides is 1. The molecule has 2 aromatic heterocycles. The molecular weight excluding hydrogens is 352 g/mol. The van der Waals surface area contributed by atoms with Crippen LogP contribution in [0.5, 0.6) is 0 Å². The molecule has 0 bridgehead atoms. The molecule has 0 aliphatic carbocycles. The summed E-state index contributed by atoms with van der Waals surface area (Å²) in [6.07, 6.45) is 0.127. The number of carbonyl (C=O) groups is 1. The molecule has 28 heavy (non-hydrogen) atoms. The number of aromatic nitrogens is 2. The topological polar surface area (TPSA) is 70.2 Å². The average Bonchev–Trinajstić information content (AvgIpc) is 2.94. The number of carbonyl (C=O) groups excluding carboxylic acids is 1. The molecule has 0 saturated carbocycles. The molecule has 0 spiro atoms. The van der Waals surface area contributed by atoms with E-state index in [1.807, 2.05) is 25.1 Å². The van der Waals surface area contributed by atoms with E-state index in [2.05, 4.69) is 41.3 Å². The Bertz CT molecular complexity index is 1030. The first-order chi connectivity index (χ1) is 13.5. The highest BCUT2D eigenvalue weighted by Crippen LogP contribution is 2.29. The normalized spacial score (nSPS) is 14.4. The average molecular weight is 378 g/mol. The van der Waals surface area contributed by atoms with Crippen LogP contribution in [0.15, 0.2) is 30.3 Å². The number of nitrogens with one attached hydrogen (secondary N) is 2. The third kappa shape index (κ3) is 3.24. The van der Waals surface area contributed by atoms with E-state index in [1.165, 1.54) is 11.1 Å². The van der Waals surface area contributed by atoms with Crippen LogP contribution in [0.25, 0.3) is 10.9 Å². The van der Waals surface area contributed by atoms with Gasteiger partial charge in [-0.05, 0) is 43.5 Å². The summed E-state index contributed by atoms with van der Waals surface area (Å²) in [5.74, 6) is 0.663. The third-order valence-electron chi connectivity index (χ3n) is 5.69. The van der Waals surface area contributed by atoms with E-state index in [-0.39, 0.29) is 12.0 Å². The highest BCUT2D eigenvalue weighted by molar-refractivity contribution is 6.01. The zero-order valence-corrected chi connectivity index (χ0v) is 16.8. The Balaban J connectivity index is 1.67. The van der Waals surface area contributed by atoms with Gasteiger partial charge in [-0.1, -0.05) is 24.3 Å². The van der Waals surface area contributed by atoms with Crippen molar-refractivity contribution in [2.24, 2.45) is 0 Å². The minimum absolute atomic E-state index is 0.0487. The number of fused-ring (bicyclic) bond motifs is 1. The predicted octanol–water partition coefficient (Wildman–Crippen LogP) is 3.57. The fraction of sp³-hybridized carbons (Fsp3) is 0.364. The van der Waals surface area contributed by atoms with E-state index in [0.717, 1.165) is 22.2 Å². The number of aryl methyl sites for hydroxylation is 3. The summed E-state index contributed by atoms with van der Waals surface area (Å²) in [5, 5.41) is 4.47. The molecule has 6 nitrogen and oxygen atoms in total. The third-order valence-corrected chi connectivity index (χ3v) is 5.69. The van der Waals surface area contributed by atoms with Gasteiger partial charge >= 0.3 is 0 Å². The number of benzene rings is 1. The Morgan fingerprint density at radius 3 is 2.75 bits per heavy atom. The van der Waals surface area contributed by atoms with Crippen molar-refractivity contribution >= 4 is 22.6 Å². The maximum atomic E-state index is 12.9. The Morgan fingerprint density at radius 2 is 2.04 bits per heavy atom. The Hall–Kier alpha value is -2.86.